The van der Waals surface area contributed by atoms with Crippen LogP contribution >= 0.6 is 0 Å². The number of Topliss-reactive ketones (excluding diaryl/α,β-unsaturated/α-hetero) is 1. The second kappa shape index (κ2) is 26.8. The Bertz CT molecular complexity index is 2300. The zero-order valence-corrected chi connectivity index (χ0v) is 52.8. The summed E-state index contributed by atoms with van der Waals surface area (Å²) in [4.78, 5) is 26.9. The molecular formula is C63H102O21. The average molecular weight is 1200 g/mol. The number of esters is 1. The van der Waals surface area contributed by atoms with E-state index in [9.17, 15) is 24.9 Å². The SMILES string of the molecule is CO[C@H]1C[C@H](O[C@H]2CC[C@@]3(C)C(=CC[C@]4(O)[C@@H]3C[C@@H](OC(=O)/C=C(\C)C(C)C)[C@]3(C)[C@H](C(C)=O)CC[C@@]34O)C2)O[C@H](C)[C@H]1O[C@H]1C[C@H](OC)[C@H](O[C@H]2C[C@@H](OC)[C@H](O[C@H]3C[C@@H](OC)[C@H](O[C@H]4C[C@@H](OC)[C@H](O)[C@@H](C)O4)[C@@H](C)O3)[C@@H](C)O2)[C@@H](C)O1. The van der Waals surface area contributed by atoms with E-state index in [1.807, 2.05) is 55.4 Å². The van der Waals surface area contributed by atoms with E-state index in [0.717, 1.165) is 11.1 Å². The molecule has 0 spiro atoms. The van der Waals surface area contributed by atoms with Gasteiger partial charge in [-0.3, -0.25) is 4.79 Å². The molecule has 9 aliphatic rings. The van der Waals surface area contributed by atoms with Gasteiger partial charge in [0.15, 0.2) is 31.5 Å². The van der Waals surface area contributed by atoms with Crippen LogP contribution in [0.3, 0.4) is 0 Å². The van der Waals surface area contributed by atoms with Crippen molar-refractivity contribution in [1.29, 1.82) is 0 Å². The van der Waals surface area contributed by atoms with Crippen molar-refractivity contribution in [2.75, 3.05) is 35.5 Å². The molecule has 8 fully saturated rings. The number of aliphatic hydroxyl groups excluding tert-OH is 1. The average Bonchev–Trinajstić information content (AvgIpc) is 1.30. The van der Waals surface area contributed by atoms with E-state index in [2.05, 4.69) is 13.0 Å². The third-order valence-electron chi connectivity index (χ3n) is 21.6. The van der Waals surface area contributed by atoms with Crippen molar-refractivity contribution in [2.24, 2.45) is 28.6 Å². The lowest BCUT2D eigenvalue weighted by Crippen LogP contribution is -2.75. The van der Waals surface area contributed by atoms with Crippen LogP contribution in [0.4, 0.5) is 0 Å². The molecule has 9 rings (SSSR count). The summed E-state index contributed by atoms with van der Waals surface area (Å²) in [7, 11) is 8.17. The Balaban J connectivity index is 0.773. The highest BCUT2D eigenvalue weighted by atomic mass is 16.8. The van der Waals surface area contributed by atoms with Crippen molar-refractivity contribution in [3.8, 4) is 0 Å². The molecule has 3 N–H and O–H groups in total. The normalized spacial score (nSPS) is 49.1. The Labute approximate surface area is 497 Å². The van der Waals surface area contributed by atoms with Crippen molar-refractivity contribution >= 4 is 11.8 Å². The molecule has 0 unspecified atom stereocenters. The lowest BCUT2D eigenvalue weighted by atomic mass is 9.43. The number of aliphatic hydroxyl groups is 3. The fourth-order valence-corrected chi connectivity index (χ4v) is 16.4. The molecular weight excluding hydrogens is 1090 g/mol. The molecule has 5 saturated heterocycles. The standard InChI is InChI=1S/C63H102O21/c1-31(2)32(3)23-49(65)80-48-30-47-60(10)20-18-40(24-39(60)17-21-62(47,67)63(68)22-19-41(33(4)64)61(48,63)11)79-50-26-43(70-13)56(35(6)75-50)82-52-28-45(72-15)58(37(8)77-52)84-54-29-46(73-16)59(38(9)78-54)83-53-27-44(71-14)57(36(7)76-53)81-51-25-42(69-12)55(66)34(5)74-51/h17,23,31,34-38,40-48,50-59,66-68H,18-22,24-30H2,1-16H3/b32-23+/t34-,35-,36-,37-,38-,40+,41+,42-,43+,44-,45+,46-,47-,48-,50+,51+,52+,53+,54+,55-,56-,57-,58-,59-,60+,61+,62+,63-/m1/s1. The highest BCUT2D eigenvalue weighted by molar-refractivity contribution is 5.83. The number of methoxy groups -OCH3 is 5. The topological polar surface area (TPSA) is 243 Å². The van der Waals surface area contributed by atoms with Crippen LogP contribution in [0.5, 0.6) is 0 Å². The smallest absolute Gasteiger partial charge is 0.330 e. The molecule has 5 aliphatic heterocycles. The van der Waals surface area contributed by atoms with Gasteiger partial charge in [-0.05, 0) is 105 Å². The lowest BCUT2D eigenvalue weighted by Gasteiger charge is -2.66. The summed E-state index contributed by atoms with van der Waals surface area (Å²) in [6.45, 7) is 21.0. The molecule has 0 amide bonds. The molecule has 3 saturated carbocycles. The number of hydrogen-bond acceptors (Lipinski definition) is 21. The number of ether oxygens (including phenoxy) is 16. The Hall–Kier alpha value is -2.10. The van der Waals surface area contributed by atoms with Gasteiger partial charge in [-0.2, -0.15) is 0 Å². The minimum Gasteiger partial charge on any atom is -0.458 e. The minimum atomic E-state index is -1.67. The van der Waals surface area contributed by atoms with E-state index in [1.165, 1.54) is 13.0 Å². The summed E-state index contributed by atoms with van der Waals surface area (Å²) in [5.74, 6) is -1.45. The molecule has 28 atom stereocenters. The fourth-order valence-electron chi connectivity index (χ4n) is 16.4. The van der Waals surface area contributed by atoms with Gasteiger partial charge in [-0.15, -0.1) is 0 Å². The van der Waals surface area contributed by atoms with Gasteiger partial charge in [0.05, 0.1) is 67.1 Å². The van der Waals surface area contributed by atoms with Crippen LogP contribution in [0.25, 0.3) is 0 Å². The third-order valence-corrected chi connectivity index (χ3v) is 21.6. The Kier molecular flexibility index (Phi) is 21.1. The Morgan fingerprint density at radius 2 is 1.01 bits per heavy atom. The predicted octanol–water partition coefficient (Wildman–Crippen LogP) is 6.54. The van der Waals surface area contributed by atoms with Gasteiger partial charge >= 0.3 is 5.97 Å². The van der Waals surface area contributed by atoms with Gasteiger partial charge in [-0.25, -0.2) is 4.79 Å². The number of ketones is 1. The van der Waals surface area contributed by atoms with E-state index in [-0.39, 0.29) is 42.9 Å². The van der Waals surface area contributed by atoms with E-state index >= 15 is 0 Å². The van der Waals surface area contributed by atoms with Crippen LogP contribution in [0.1, 0.15) is 153 Å². The maximum absolute atomic E-state index is 13.6. The van der Waals surface area contributed by atoms with E-state index < -0.39 is 157 Å². The van der Waals surface area contributed by atoms with E-state index in [1.54, 1.807) is 42.5 Å². The van der Waals surface area contributed by atoms with Crippen molar-refractivity contribution in [1.82, 2.24) is 0 Å². The van der Waals surface area contributed by atoms with Gasteiger partial charge in [0.1, 0.15) is 53.6 Å². The van der Waals surface area contributed by atoms with Crippen LogP contribution in [0.2, 0.25) is 0 Å². The third kappa shape index (κ3) is 12.7. The first-order valence-corrected chi connectivity index (χ1v) is 31.2. The number of allylic oxidation sites excluding steroid dienone is 1. The Morgan fingerprint density at radius 3 is 1.43 bits per heavy atom. The molecule has 0 radical (unpaired) electrons. The zero-order valence-electron chi connectivity index (χ0n) is 52.8. The largest absolute Gasteiger partial charge is 0.458 e. The number of fused-ring (bicyclic) bond motifs is 5. The molecule has 0 aromatic heterocycles. The summed E-state index contributed by atoms with van der Waals surface area (Å²) < 4.78 is 101. The molecule has 5 heterocycles. The van der Waals surface area contributed by atoms with Crippen molar-refractivity contribution < 1.29 is 101 Å². The fraction of sp³-hybridized carbons (Fsp3) is 0.905. The quantitative estimate of drug-likeness (QED) is 0.0706. The van der Waals surface area contributed by atoms with Gasteiger partial charge < -0.3 is 91.1 Å². The second-order valence-electron chi connectivity index (χ2n) is 26.7. The molecule has 21 nitrogen and oxygen atoms in total. The van der Waals surface area contributed by atoms with Gasteiger partial charge in [0.25, 0.3) is 0 Å². The maximum atomic E-state index is 13.6. The van der Waals surface area contributed by atoms with Crippen LogP contribution in [0.15, 0.2) is 23.3 Å². The van der Waals surface area contributed by atoms with Crippen LogP contribution in [0, 0.1) is 28.6 Å². The molecule has 0 bridgehead atoms. The lowest BCUT2D eigenvalue weighted by molar-refractivity contribution is -0.352. The first-order chi connectivity index (χ1) is 39.7. The molecule has 21 heteroatoms. The van der Waals surface area contributed by atoms with Crippen LogP contribution in [-0.2, 0) is 85.4 Å². The molecule has 480 valence electrons. The molecule has 0 aromatic carbocycles. The van der Waals surface area contributed by atoms with Gasteiger partial charge in [0.2, 0.25) is 0 Å². The maximum Gasteiger partial charge on any atom is 0.330 e. The number of hydrogen-bond donors (Lipinski definition) is 3. The summed E-state index contributed by atoms with van der Waals surface area (Å²) in [5, 5.41) is 36.4. The van der Waals surface area contributed by atoms with E-state index in [4.69, 9.17) is 75.8 Å². The highest BCUT2D eigenvalue weighted by Gasteiger charge is 2.77. The number of carbonyl (C=O) groups is 2. The highest BCUT2D eigenvalue weighted by Crippen LogP contribution is 2.70. The van der Waals surface area contributed by atoms with Gasteiger partial charge in [0, 0.05) is 91.0 Å². The minimum absolute atomic E-state index is 0.0769. The van der Waals surface area contributed by atoms with Crippen molar-refractivity contribution in [3.05, 3.63) is 23.3 Å². The summed E-state index contributed by atoms with van der Waals surface area (Å²) in [6.07, 6.45) is -2.42. The Morgan fingerprint density at radius 1 is 0.595 bits per heavy atom. The number of carbonyl (C=O) groups excluding carboxylic acids is 2. The zero-order chi connectivity index (χ0) is 61.0. The summed E-state index contributed by atoms with van der Waals surface area (Å²) in [6, 6.07) is 0. The molecule has 0 aromatic rings. The predicted molar refractivity (Wildman–Crippen MR) is 302 cm³/mol. The van der Waals surface area contributed by atoms with Crippen molar-refractivity contribution in [3.63, 3.8) is 0 Å². The van der Waals surface area contributed by atoms with Crippen LogP contribution < -0.4 is 0 Å². The van der Waals surface area contributed by atoms with E-state index in [0.29, 0.717) is 64.2 Å². The monoisotopic (exact) mass is 1190 g/mol. The second-order valence-corrected chi connectivity index (χ2v) is 26.7. The molecule has 4 aliphatic carbocycles. The first-order valence-electron chi connectivity index (χ1n) is 31.2. The summed E-state index contributed by atoms with van der Waals surface area (Å²) >= 11 is 0. The molecule has 84 heavy (non-hydrogen) atoms. The number of rotatable bonds is 19. The van der Waals surface area contributed by atoms with Crippen LogP contribution in [-0.4, -0.2) is 209 Å². The summed E-state index contributed by atoms with van der Waals surface area (Å²) in [5.41, 5.74) is -2.91. The van der Waals surface area contributed by atoms with Gasteiger partial charge in [-0.1, -0.05) is 44.9 Å². The first kappa shape index (κ1) is 66.3. The van der Waals surface area contributed by atoms with Crippen molar-refractivity contribution in [2.45, 2.75) is 300 Å².